The number of hydrogen-bond donors (Lipinski definition) is 4. The molecular formula is C33H33ClN6O5. The van der Waals surface area contributed by atoms with Crippen LogP contribution < -0.4 is 20.7 Å². The molecule has 5 aromatic rings. The van der Waals surface area contributed by atoms with Crippen LogP contribution in [0.1, 0.15) is 32.0 Å². The van der Waals surface area contributed by atoms with Crippen LogP contribution in [0.4, 0.5) is 22.1 Å². The van der Waals surface area contributed by atoms with Gasteiger partial charge >= 0.3 is 6.03 Å². The van der Waals surface area contributed by atoms with Gasteiger partial charge in [-0.2, -0.15) is 5.10 Å². The zero-order chi connectivity index (χ0) is 32.1. The van der Waals surface area contributed by atoms with Crippen molar-refractivity contribution in [2.75, 3.05) is 29.7 Å². The lowest BCUT2D eigenvalue weighted by Gasteiger charge is -2.15. The Morgan fingerprint density at radius 2 is 1.73 bits per heavy atom. The highest BCUT2D eigenvalue weighted by Gasteiger charge is 2.22. The average molecular weight is 629 g/mol. The van der Waals surface area contributed by atoms with E-state index in [2.05, 4.69) is 20.9 Å². The van der Waals surface area contributed by atoms with Crippen LogP contribution in [0.3, 0.4) is 0 Å². The summed E-state index contributed by atoms with van der Waals surface area (Å²) >= 11 is 6.36. The van der Waals surface area contributed by atoms with Gasteiger partial charge in [0.1, 0.15) is 29.7 Å². The first-order chi connectivity index (χ1) is 21.5. The largest absolute Gasteiger partial charge is 0.457 e. The molecule has 0 spiro atoms. The normalized spacial score (nSPS) is 11.3. The van der Waals surface area contributed by atoms with Crippen molar-refractivity contribution in [1.82, 2.24) is 14.8 Å². The van der Waals surface area contributed by atoms with E-state index in [1.54, 1.807) is 47.1 Å². The lowest BCUT2D eigenvalue weighted by Crippen LogP contribution is -2.21. The average Bonchev–Trinajstić information content (AvgIpc) is 3.43. The van der Waals surface area contributed by atoms with Crippen molar-refractivity contribution < 1.29 is 24.2 Å². The Balaban J connectivity index is 1.39. The van der Waals surface area contributed by atoms with Crippen molar-refractivity contribution in [3.63, 3.8) is 0 Å². The maximum absolute atomic E-state index is 13.4. The molecular weight excluding hydrogens is 596 g/mol. The number of anilines is 3. The first-order valence-electron chi connectivity index (χ1n) is 14.1. The Morgan fingerprint density at radius 1 is 0.956 bits per heavy atom. The SMILES string of the molecule is COCC(=O)Nc1cc(Oc2ccc(NC(=O)Nc3cc(C(C)(C)C)nn3-c3ccc(CO)c(Cl)c3)c3ccccc23)ccn1. The van der Waals surface area contributed by atoms with E-state index in [1.165, 1.54) is 13.3 Å². The van der Waals surface area contributed by atoms with Crippen LogP contribution in [-0.2, 0) is 21.6 Å². The fourth-order valence-electron chi connectivity index (χ4n) is 4.55. The summed E-state index contributed by atoms with van der Waals surface area (Å²) in [6.45, 7) is 5.82. The van der Waals surface area contributed by atoms with E-state index in [4.69, 9.17) is 26.2 Å². The Labute approximate surface area is 265 Å². The van der Waals surface area contributed by atoms with Gasteiger partial charge in [0.25, 0.3) is 5.91 Å². The number of amides is 3. The van der Waals surface area contributed by atoms with Crippen molar-refractivity contribution in [3.05, 3.63) is 95.3 Å². The summed E-state index contributed by atoms with van der Waals surface area (Å²) in [6, 6.07) is 20.9. The topological polar surface area (TPSA) is 140 Å². The molecule has 0 radical (unpaired) electrons. The number of rotatable bonds is 9. The van der Waals surface area contributed by atoms with E-state index >= 15 is 0 Å². The third kappa shape index (κ3) is 7.40. The molecule has 12 heteroatoms. The Kier molecular flexibility index (Phi) is 9.33. The summed E-state index contributed by atoms with van der Waals surface area (Å²) in [5.74, 6) is 1.46. The second kappa shape index (κ2) is 13.3. The fourth-order valence-corrected chi connectivity index (χ4v) is 4.78. The molecule has 3 aromatic carbocycles. The molecule has 4 N–H and O–H groups in total. The van der Waals surface area contributed by atoms with Crippen LogP contribution in [0.2, 0.25) is 5.02 Å². The molecule has 0 saturated carbocycles. The van der Waals surface area contributed by atoms with E-state index in [0.717, 1.165) is 16.5 Å². The molecule has 0 aliphatic carbocycles. The maximum Gasteiger partial charge on any atom is 0.324 e. The Morgan fingerprint density at radius 3 is 2.44 bits per heavy atom. The summed E-state index contributed by atoms with van der Waals surface area (Å²) in [5.41, 5.74) is 2.27. The van der Waals surface area contributed by atoms with Gasteiger partial charge in [0.05, 0.1) is 23.7 Å². The van der Waals surface area contributed by atoms with Crippen LogP contribution in [0, 0.1) is 0 Å². The number of nitrogens with zero attached hydrogens (tertiary/aromatic N) is 3. The number of ether oxygens (including phenoxy) is 2. The van der Waals surface area contributed by atoms with E-state index < -0.39 is 6.03 Å². The maximum atomic E-state index is 13.4. The summed E-state index contributed by atoms with van der Waals surface area (Å²) in [5, 5.41) is 24.7. The number of fused-ring (bicyclic) bond motifs is 1. The van der Waals surface area contributed by atoms with Gasteiger partial charge in [0.2, 0.25) is 0 Å². The van der Waals surface area contributed by atoms with Crippen LogP contribution >= 0.6 is 11.6 Å². The first-order valence-corrected chi connectivity index (χ1v) is 14.5. The molecule has 5 rings (SSSR count). The minimum atomic E-state index is -0.473. The smallest absolute Gasteiger partial charge is 0.324 e. The minimum Gasteiger partial charge on any atom is -0.457 e. The van der Waals surface area contributed by atoms with Gasteiger partial charge in [0, 0.05) is 46.6 Å². The fraction of sp³-hybridized carbons (Fsp3) is 0.212. The molecule has 232 valence electrons. The number of nitrogens with one attached hydrogen (secondary N) is 3. The molecule has 2 heterocycles. The molecule has 0 bridgehead atoms. The zero-order valence-corrected chi connectivity index (χ0v) is 26.0. The molecule has 2 aromatic heterocycles. The zero-order valence-electron chi connectivity index (χ0n) is 25.2. The first kappa shape index (κ1) is 31.5. The summed E-state index contributed by atoms with van der Waals surface area (Å²) in [6.07, 6.45) is 1.53. The minimum absolute atomic E-state index is 0.0917. The highest BCUT2D eigenvalue weighted by molar-refractivity contribution is 6.31. The van der Waals surface area contributed by atoms with Crippen molar-refractivity contribution in [2.45, 2.75) is 32.8 Å². The number of pyridine rings is 1. The van der Waals surface area contributed by atoms with Crippen LogP contribution in [0.15, 0.2) is 79.0 Å². The molecule has 0 fully saturated rings. The lowest BCUT2D eigenvalue weighted by atomic mass is 9.92. The second-order valence-electron chi connectivity index (χ2n) is 11.2. The number of aliphatic hydroxyl groups excluding tert-OH is 1. The number of carbonyl (C=O) groups is 2. The summed E-state index contributed by atoms with van der Waals surface area (Å²) in [4.78, 5) is 29.4. The van der Waals surface area contributed by atoms with Crippen molar-refractivity contribution in [2.24, 2.45) is 0 Å². The van der Waals surface area contributed by atoms with E-state index in [0.29, 0.717) is 45.1 Å². The van der Waals surface area contributed by atoms with Crippen molar-refractivity contribution >= 4 is 51.6 Å². The van der Waals surface area contributed by atoms with Gasteiger partial charge in [-0.25, -0.2) is 14.5 Å². The Hall–Kier alpha value is -4.97. The molecule has 0 unspecified atom stereocenters. The number of halogens is 1. The third-order valence-electron chi connectivity index (χ3n) is 6.81. The van der Waals surface area contributed by atoms with Crippen LogP contribution in [0.25, 0.3) is 16.5 Å². The van der Waals surface area contributed by atoms with Gasteiger partial charge < -0.3 is 25.2 Å². The third-order valence-corrected chi connectivity index (χ3v) is 7.16. The lowest BCUT2D eigenvalue weighted by molar-refractivity contribution is -0.119. The molecule has 11 nitrogen and oxygen atoms in total. The van der Waals surface area contributed by atoms with Gasteiger partial charge in [-0.05, 0) is 35.9 Å². The van der Waals surface area contributed by atoms with Crippen LogP contribution in [0.5, 0.6) is 11.5 Å². The van der Waals surface area contributed by atoms with Crippen molar-refractivity contribution in [1.29, 1.82) is 0 Å². The van der Waals surface area contributed by atoms with E-state index in [9.17, 15) is 14.7 Å². The molecule has 0 atom stereocenters. The van der Waals surface area contributed by atoms with Crippen LogP contribution in [-0.4, -0.2) is 45.5 Å². The number of carbonyl (C=O) groups excluding carboxylic acids is 2. The van der Waals surface area contributed by atoms with Gasteiger partial charge in [-0.3, -0.25) is 10.1 Å². The summed E-state index contributed by atoms with van der Waals surface area (Å²) < 4.78 is 12.6. The quantitative estimate of drug-likeness (QED) is 0.139. The van der Waals surface area contributed by atoms with E-state index in [1.807, 2.05) is 51.1 Å². The number of aliphatic hydroxyl groups is 1. The van der Waals surface area contributed by atoms with Gasteiger partial charge in [0.15, 0.2) is 0 Å². The molecule has 3 amide bonds. The number of benzene rings is 3. The Bertz CT molecular complexity index is 1870. The number of hydrogen-bond acceptors (Lipinski definition) is 7. The number of urea groups is 1. The van der Waals surface area contributed by atoms with Gasteiger partial charge in [-0.1, -0.05) is 62.7 Å². The highest BCUT2D eigenvalue weighted by Crippen LogP contribution is 2.35. The number of methoxy groups -OCH3 is 1. The van der Waals surface area contributed by atoms with E-state index in [-0.39, 0.29) is 24.5 Å². The summed E-state index contributed by atoms with van der Waals surface area (Å²) in [7, 11) is 1.44. The monoisotopic (exact) mass is 628 g/mol. The standard InChI is InChI=1S/C33H33ClN6O5/c1-33(2,3)28-17-30(40(39-28)21-10-9-20(18-41)25(34)15-21)38-32(43)36-26-11-12-27(24-8-6-5-7-23(24)26)45-22-13-14-35-29(16-22)37-31(42)19-44-4/h5-17,41H,18-19H2,1-4H3,(H,35,37,42)(H2,36,38,43). The highest BCUT2D eigenvalue weighted by atomic mass is 35.5. The molecule has 0 saturated heterocycles. The second-order valence-corrected chi connectivity index (χ2v) is 11.6. The predicted molar refractivity (Wildman–Crippen MR) is 175 cm³/mol. The molecule has 0 aliphatic heterocycles. The van der Waals surface area contributed by atoms with Gasteiger partial charge in [-0.15, -0.1) is 0 Å². The predicted octanol–water partition coefficient (Wildman–Crippen LogP) is 6.88. The number of aromatic nitrogens is 3. The van der Waals surface area contributed by atoms with Crippen molar-refractivity contribution in [3.8, 4) is 17.2 Å². The molecule has 0 aliphatic rings. The molecule has 45 heavy (non-hydrogen) atoms.